The van der Waals surface area contributed by atoms with Crippen LogP contribution < -0.4 is 0 Å². The first-order chi connectivity index (χ1) is 29.6. The molecule has 48 heteroatoms. The van der Waals surface area contributed by atoms with Gasteiger partial charge in [0.05, 0.1) is 0 Å². The van der Waals surface area contributed by atoms with E-state index in [9.17, 15) is 184 Å². The number of allylic oxidation sites excluding steroid dienone is 1. The van der Waals surface area contributed by atoms with Gasteiger partial charge in [-0.1, -0.05) is 0 Å². The number of halogens is 42. The first-order valence-electron chi connectivity index (χ1n) is 14.3. The topological polar surface area (TPSA) is 55.4 Å². The molecule has 6 nitrogen and oxygen atoms in total. The monoisotopic (exact) mass is 1160 g/mol. The third-order valence-electron chi connectivity index (χ3n) is 6.65. The van der Waals surface area contributed by atoms with E-state index in [0.29, 0.717) is 9.47 Å². The molecule has 0 aliphatic rings. The van der Waals surface area contributed by atoms with E-state index in [2.05, 4.69) is 4.74 Å². The highest BCUT2D eigenvalue weighted by Gasteiger charge is 2.91. The Morgan fingerprint density at radius 1 is 0.257 bits per heavy atom. The molecule has 0 saturated carbocycles. The minimum atomic E-state index is -9.77. The molecule has 420 valence electrons. The van der Waals surface area contributed by atoms with Gasteiger partial charge in [0.15, 0.2) is 6.61 Å². The number of ether oxygens (including phenoxy) is 6. The van der Waals surface area contributed by atoms with Gasteiger partial charge in [0.2, 0.25) is 0 Å². The highest BCUT2D eigenvalue weighted by molar-refractivity contribution is 5.09. The Hall–Kier alpha value is -3.60. The zero-order valence-electron chi connectivity index (χ0n) is 29.5. The van der Waals surface area contributed by atoms with Crippen LogP contribution in [0.25, 0.3) is 0 Å². The molecule has 5 unspecified atom stereocenters. The Balaban J connectivity index is 8.05. The lowest BCUT2D eigenvalue weighted by molar-refractivity contribution is -0.600. The van der Waals surface area contributed by atoms with Crippen LogP contribution in [0.15, 0.2) is 11.8 Å². The summed E-state index contributed by atoms with van der Waals surface area (Å²) in [6, 6.07) is -4.69. The molecule has 0 N–H and O–H groups in total. The fourth-order valence-electron chi connectivity index (χ4n) is 3.17. The normalized spacial score (nSPS) is 20.4. The maximum Gasteiger partial charge on any atom is 0.462 e. The summed E-state index contributed by atoms with van der Waals surface area (Å²) < 4.78 is 570. The number of hydrogen-bond acceptors (Lipinski definition) is 6. The van der Waals surface area contributed by atoms with Crippen molar-refractivity contribution in [3.63, 3.8) is 0 Å². The van der Waals surface area contributed by atoms with Gasteiger partial charge in [0.1, 0.15) is 0 Å². The molecule has 0 aliphatic heterocycles. The van der Waals surface area contributed by atoms with Gasteiger partial charge < -0.3 is 4.74 Å². The minimum absolute atomic E-state index is 0.623. The second-order valence-electron chi connectivity index (χ2n) is 11.7. The molecule has 0 aromatic heterocycles. The Morgan fingerprint density at radius 2 is 0.486 bits per heavy atom. The molecule has 0 bridgehead atoms. The quantitative estimate of drug-likeness (QED) is 0.0949. The molecule has 0 aromatic carbocycles. The highest BCUT2D eigenvalue weighted by Crippen LogP contribution is 2.62. The SMILES string of the molecule is FC(OCC(F)(OC(F)(F)C(F)(OC(F)(F)C(F)(OC(F)(F)C(F)(OC(F)(F)C(F)(OC(F)(F)C(F)(F)C(F)(F)F)C(F)(F)F)C(F)(F)F)C(F)(F)F)C(F)(F)F)C(F)(F)F)=C(F)C(F)(F)C(F)(F)F. The van der Waals surface area contributed by atoms with Gasteiger partial charge in [0, 0.05) is 0 Å². The van der Waals surface area contributed by atoms with Gasteiger partial charge >= 0.3 is 121 Å². The Morgan fingerprint density at radius 3 is 0.686 bits per heavy atom. The summed E-state index contributed by atoms with van der Waals surface area (Å²) in [7, 11) is 0. The molecule has 0 heterocycles. The molecule has 0 radical (unpaired) electrons. The van der Waals surface area contributed by atoms with Crippen LogP contribution in [0.3, 0.4) is 0 Å². The molecule has 0 saturated heterocycles. The van der Waals surface area contributed by atoms with Gasteiger partial charge in [-0.25, -0.2) is 0 Å². The maximum absolute atomic E-state index is 14.7. The zero-order chi connectivity index (χ0) is 57.6. The summed E-state index contributed by atoms with van der Waals surface area (Å²) in [5, 5.41) is 0. The van der Waals surface area contributed by atoms with E-state index < -0.39 is 133 Å². The van der Waals surface area contributed by atoms with E-state index in [1.165, 1.54) is 4.74 Å². The van der Waals surface area contributed by atoms with Crippen LogP contribution in [0.2, 0.25) is 0 Å². The van der Waals surface area contributed by atoms with E-state index in [1.807, 2.05) is 0 Å². The van der Waals surface area contributed by atoms with Crippen molar-refractivity contribution in [3.8, 4) is 0 Å². The van der Waals surface area contributed by atoms with Crippen LogP contribution >= 0.6 is 0 Å². The molecule has 0 aliphatic carbocycles. The lowest BCUT2D eigenvalue weighted by Crippen LogP contribution is -2.73. The fraction of sp³-hybridized carbons (Fsp3) is 0.909. The molecule has 0 rings (SSSR count). The van der Waals surface area contributed by atoms with Crippen molar-refractivity contribution in [1.82, 2.24) is 0 Å². The lowest BCUT2D eigenvalue weighted by atomic mass is 10.2. The first kappa shape index (κ1) is 66.4. The zero-order valence-corrected chi connectivity index (χ0v) is 29.5. The summed E-state index contributed by atoms with van der Waals surface area (Å²) in [4.78, 5) is 0. The van der Waals surface area contributed by atoms with Gasteiger partial charge in [-0.3, -0.25) is 23.7 Å². The van der Waals surface area contributed by atoms with Crippen LogP contribution in [-0.2, 0) is 28.4 Å². The van der Waals surface area contributed by atoms with Crippen LogP contribution in [0, 0.1) is 0 Å². The Kier molecular flexibility index (Phi) is 16.9. The molecule has 0 fully saturated rings. The van der Waals surface area contributed by atoms with Crippen LogP contribution in [0.1, 0.15) is 0 Å². The van der Waals surface area contributed by atoms with Gasteiger partial charge in [0.25, 0.3) is 5.83 Å². The molecule has 0 aromatic rings. The van der Waals surface area contributed by atoms with Gasteiger partial charge in [-0.05, 0) is 0 Å². The van der Waals surface area contributed by atoms with E-state index >= 15 is 0 Å². The van der Waals surface area contributed by atoms with Crippen molar-refractivity contribution < 1.29 is 213 Å². The molecular formula is C22H2F42O6. The summed E-state index contributed by atoms with van der Waals surface area (Å²) in [5.41, 5.74) is 0. The van der Waals surface area contributed by atoms with Crippen LogP contribution in [-0.4, -0.2) is 122 Å². The van der Waals surface area contributed by atoms with Crippen LogP contribution in [0.4, 0.5) is 184 Å². The van der Waals surface area contributed by atoms with Crippen molar-refractivity contribution in [2.45, 2.75) is 115 Å². The number of rotatable bonds is 19. The van der Waals surface area contributed by atoms with Crippen molar-refractivity contribution in [2.75, 3.05) is 6.61 Å². The third-order valence-corrected chi connectivity index (χ3v) is 6.65. The largest absolute Gasteiger partial charge is 0.462 e. The number of hydrogen-bond donors (Lipinski definition) is 0. The van der Waals surface area contributed by atoms with E-state index in [1.54, 1.807) is 0 Å². The minimum Gasteiger partial charge on any atom is -0.462 e. The summed E-state index contributed by atoms with van der Waals surface area (Å²) >= 11 is 0. The predicted octanol–water partition coefficient (Wildman–Crippen LogP) is 13.7. The Labute approximate surface area is 347 Å². The van der Waals surface area contributed by atoms with Crippen molar-refractivity contribution in [1.29, 1.82) is 0 Å². The van der Waals surface area contributed by atoms with E-state index in [4.69, 9.17) is 0 Å². The van der Waals surface area contributed by atoms with E-state index in [0.717, 1.165) is 9.47 Å². The van der Waals surface area contributed by atoms with Gasteiger partial charge in [-0.15, -0.1) is 0 Å². The van der Waals surface area contributed by atoms with E-state index in [-0.39, 0.29) is 0 Å². The summed E-state index contributed by atoms with van der Waals surface area (Å²) in [6.45, 7) is -4.71. The second-order valence-corrected chi connectivity index (χ2v) is 11.7. The second kappa shape index (κ2) is 17.8. The van der Waals surface area contributed by atoms with Crippen molar-refractivity contribution >= 4 is 0 Å². The highest BCUT2D eigenvalue weighted by atomic mass is 19.5. The third kappa shape index (κ3) is 11.4. The molecule has 5 atom stereocenters. The lowest BCUT2D eigenvalue weighted by Gasteiger charge is -2.44. The first-order valence-corrected chi connectivity index (χ1v) is 14.3. The fourth-order valence-corrected chi connectivity index (χ4v) is 3.17. The Bertz CT molecular complexity index is 1850. The summed E-state index contributed by atoms with van der Waals surface area (Å²) in [5.74, 6) is -67.1. The van der Waals surface area contributed by atoms with Crippen LogP contribution in [0.5, 0.6) is 0 Å². The average Bonchev–Trinajstić information content (AvgIpc) is 3.05. The average molecular weight is 1160 g/mol. The standard InChI is InChI=1S/C22H2F42O6/c23-2(5(26,27)12(37,38)39)3(24)65-1-4(25,11(34,35)36)66-19(57,58)7(30,14(43,44)45)68-21(61,62)9(32,16(49,50)51)70-22(63,64)10(33,17(52,53)54)69-20(59,60)8(31,15(46,47)48)67-18(55,56)6(28,29)13(40,41)42/h1H2. The molecular weight excluding hydrogens is 1160 g/mol. The predicted molar refractivity (Wildman–Crippen MR) is 117 cm³/mol. The maximum atomic E-state index is 14.7. The summed E-state index contributed by atoms with van der Waals surface area (Å²) in [6.07, 6.45) is -108. The van der Waals surface area contributed by atoms with Crippen molar-refractivity contribution in [3.05, 3.63) is 11.8 Å². The van der Waals surface area contributed by atoms with Crippen molar-refractivity contribution in [2.24, 2.45) is 0 Å². The van der Waals surface area contributed by atoms with Gasteiger partial charge in [-0.2, -0.15) is 184 Å². The molecule has 70 heavy (non-hydrogen) atoms. The molecule has 0 amide bonds. The number of alkyl halides is 40. The molecule has 0 spiro atoms. The smallest absolute Gasteiger partial charge is 0.462 e.